The average Bonchev–Trinajstić information content (AvgIpc) is 2.43. The van der Waals surface area contributed by atoms with Gasteiger partial charge in [0.1, 0.15) is 0 Å². The summed E-state index contributed by atoms with van der Waals surface area (Å²) in [5, 5.41) is 6.10. The zero-order valence-electron chi connectivity index (χ0n) is 12.5. The molecular weight excluding hydrogens is 262 g/mol. The molecule has 0 rings (SSSR count). The number of amides is 2. The minimum absolute atomic E-state index is 0.284. The van der Waals surface area contributed by atoms with Crippen LogP contribution in [-0.2, 0) is 14.3 Å². The highest BCUT2D eigenvalue weighted by Gasteiger charge is 2.21. The number of rotatable bonds is 10. The van der Waals surface area contributed by atoms with E-state index in [1.807, 2.05) is 13.8 Å². The summed E-state index contributed by atoms with van der Waals surface area (Å²) in [6.07, 6.45) is 3.23. The van der Waals surface area contributed by atoms with Gasteiger partial charge in [-0.1, -0.05) is 26.7 Å². The van der Waals surface area contributed by atoms with Crippen molar-refractivity contribution < 1.29 is 19.1 Å². The molecule has 0 saturated carbocycles. The molecule has 0 aromatic carbocycles. The molecule has 0 heterocycles. The molecule has 0 aromatic rings. The highest BCUT2D eigenvalue weighted by molar-refractivity contribution is 5.84. The molecule has 20 heavy (non-hydrogen) atoms. The van der Waals surface area contributed by atoms with Crippen LogP contribution in [0.5, 0.6) is 0 Å². The minimum Gasteiger partial charge on any atom is -0.450 e. The van der Waals surface area contributed by atoms with Gasteiger partial charge in [-0.3, -0.25) is 10.1 Å². The third-order valence-corrected chi connectivity index (χ3v) is 2.24. The quantitative estimate of drug-likeness (QED) is 0.277. The second-order valence-corrected chi connectivity index (χ2v) is 4.05. The standard InChI is InChI=1S/C13H25N3O4/c1-4-7-9-14-16-11(17)12(19-6-3)15-13(18)20-10-8-5-2/h9,12H,4-8,10H2,1-3H3,(H,15,18)(H,16,17)/b14-9+. The van der Waals surface area contributed by atoms with Crippen LogP contribution in [0.25, 0.3) is 0 Å². The number of hydrazone groups is 1. The first kappa shape index (κ1) is 18.4. The molecule has 7 heteroatoms. The topological polar surface area (TPSA) is 89.0 Å². The third-order valence-electron chi connectivity index (χ3n) is 2.24. The van der Waals surface area contributed by atoms with Crippen LogP contribution in [0, 0.1) is 0 Å². The van der Waals surface area contributed by atoms with E-state index in [0.717, 1.165) is 25.7 Å². The largest absolute Gasteiger partial charge is 0.450 e. The van der Waals surface area contributed by atoms with Crippen molar-refractivity contribution in [3.05, 3.63) is 0 Å². The lowest BCUT2D eigenvalue weighted by molar-refractivity contribution is -0.134. The number of alkyl carbamates (subject to hydrolysis) is 1. The van der Waals surface area contributed by atoms with E-state index in [0.29, 0.717) is 6.61 Å². The first-order valence-electron chi connectivity index (χ1n) is 7.01. The molecule has 0 saturated heterocycles. The molecule has 0 spiro atoms. The summed E-state index contributed by atoms with van der Waals surface area (Å²) in [6.45, 7) is 6.32. The zero-order valence-corrected chi connectivity index (χ0v) is 12.5. The summed E-state index contributed by atoms with van der Waals surface area (Å²) in [5.74, 6) is -0.536. The number of nitrogens with one attached hydrogen (secondary N) is 2. The van der Waals surface area contributed by atoms with Crippen molar-refractivity contribution in [2.45, 2.75) is 52.7 Å². The summed E-state index contributed by atoms with van der Waals surface area (Å²) in [7, 11) is 0. The normalized spacial score (nSPS) is 12.2. The lowest BCUT2D eigenvalue weighted by Crippen LogP contribution is -2.47. The van der Waals surface area contributed by atoms with E-state index in [4.69, 9.17) is 9.47 Å². The molecule has 1 unspecified atom stereocenters. The summed E-state index contributed by atoms with van der Waals surface area (Å²) < 4.78 is 10.0. The van der Waals surface area contributed by atoms with Gasteiger partial charge in [0.2, 0.25) is 6.23 Å². The SMILES string of the molecule is CCC/C=N/NC(=O)C(NC(=O)OCCCC)OCC. The predicted molar refractivity (Wildman–Crippen MR) is 76.3 cm³/mol. The van der Waals surface area contributed by atoms with Crippen LogP contribution >= 0.6 is 0 Å². The monoisotopic (exact) mass is 287 g/mol. The number of hydrogen-bond acceptors (Lipinski definition) is 5. The van der Waals surface area contributed by atoms with Crippen molar-refractivity contribution in [2.24, 2.45) is 5.10 Å². The molecule has 0 bridgehead atoms. The van der Waals surface area contributed by atoms with Crippen LogP contribution in [0.15, 0.2) is 5.10 Å². The van der Waals surface area contributed by atoms with E-state index in [2.05, 4.69) is 15.8 Å². The van der Waals surface area contributed by atoms with E-state index in [9.17, 15) is 9.59 Å². The van der Waals surface area contributed by atoms with E-state index in [1.165, 1.54) is 0 Å². The van der Waals surface area contributed by atoms with Crippen LogP contribution < -0.4 is 10.7 Å². The Morgan fingerprint density at radius 1 is 1.25 bits per heavy atom. The highest BCUT2D eigenvalue weighted by atomic mass is 16.6. The van der Waals surface area contributed by atoms with Crippen molar-refractivity contribution in [1.82, 2.24) is 10.7 Å². The lowest BCUT2D eigenvalue weighted by atomic mass is 10.4. The molecule has 0 radical (unpaired) electrons. The summed E-state index contributed by atoms with van der Waals surface area (Å²) in [6, 6.07) is 0. The molecule has 7 nitrogen and oxygen atoms in total. The number of carbonyl (C=O) groups excluding carboxylic acids is 2. The molecule has 2 N–H and O–H groups in total. The van der Waals surface area contributed by atoms with Gasteiger partial charge in [0, 0.05) is 12.8 Å². The Morgan fingerprint density at radius 2 is 2.00 bits per heavy atom. The summed E-state index contributed by atoms with van der Waals surface area (Å²) >= 11 is 0. The number of carbonyl (C=O) groups is 2. The van der Waals surface area contributed by atoms with E-state index < -0.39 is 18.2 Å². The Labute approximate surface area is 120 Å². The van der Waals surface area contributed by atoms with Gasteiger partial charge in [0.25, 0.3) is 5.91 Å². The lowest BCUT2D eigenvalue weighted by Gasteiger charge is -2.16. The fourth-order valence-electron chi connectivity index (χ4n) is 1.17. The van der Waals surface area contributed by atoms with Crippen LogP contribution in [-0.4, -0.2) is 37.7 Å². The maximum absolute atomic E-state index is 11.7. The van der Waals surface area contributed by atoms with Crippen LogP contribution in [0.1, 0.15) is 46.5 Å². The zero-order chi connectivity index (χ0) is 15.2. The molecule has 0 aliphatic rings. The van der Waals surface area contributed by atoms with Gasteiger partial charge in [-0.15, -0.1) is 0 Å². The highest BCUT2D eigenvalue weighted by Crippen LogP contribution is 1.93. The number of nitrogens with zero attached hydrogens (tertiary/aromatic N) is 1. The first-order chi connectivity index (χ1) is 9.65. The number of hydrogen-bond donors (Lipinski definition) is 2. The van der Waals surface area contributed by atoms with Gasteiger partial charge in [-0.2, -0.15) is 5.10 Å². The molecule has 2 amide bonds. The fourth-order valence-corrected chi connectivity index (χ4v) is 1.17. The maximum Gasteiger partial charge on any atom is 0.409 e. The Morgan fingerprint density at radius 3 is 2.60 bits per heavy atom. The maximum atomic E-state index is 11.7. The van der Waals surface area contributed by atoms with E-state index >= 15 is 0 Å². The molecular formula is C13H25N3O4. The molecule has 0 aromatic heterocycles. The Balaban J connectivity index is 4.18. The van der Waals surface area contributed by atoms with Crippen LogP contribution in [0.2, 0.25) is 0 Å². The molecule has 0 aliphatic heterocycles. The van der Waals surface area contributed by atoms with Gasteiger partial charge in [-0.25, -0.2) is 10.2 Å². The first-order valence-corrected chi connectivity index (χ1v) is 7.01. The van der Waals surface area contributed by atoms with Crippen molar-refractivity contribution in [1.29, 1.82) is 0 Å². The number of unbranched alkanes of at least 4 members (excludes halogenated alkanes) is 2. The van der Waals surface area contributed by atoms with Crippen molar-refractivity contribution in [3.63, 3.8) is 0 Å². The molecule has 0 fully saturated rings. The van der Waals surface area contributed by atoms with E-state index in [-0.39, 0.29) is 6.61 Å². The van der Waals surface area contributed by atoms with Crippen LogP contribution in [0.3, 0.4) is 0 Å². The van der Waals surface area contributed by atoms with E-state index in [1.54, 1.807) is 13.1 Å². The smallest absolute Gasteiger partial charge is 0.409 e. The Hall–Kier alpha value is -1.63. The van der Waals surface area contributed by atoms with Crippen LogP contribution in [0.4, 0.5) is 4.79 Å². The second kappa shape index (κ2) is 12.4. The third kappa shape index (κ3) is 9.32. The molecule has 1 atom stereocenters. The average molecular weight is 287 g/mol. The molecule has 116 valence electrons. The van der Waals surface area contributed by atoms with Gasteiger partial charge in [-0.05, 0) is 19.8 Å². The minimum atomic E-state index is -1.10. The van der Waals surface area contributed by atoms with Crippen molar-refractivity contribution in [2.75, 3.05) is 13.2 Å². The van der Waals surface area contributed by atoms with Crippen molar-refractivity contribution >= 4 is 18.2 Å². The summed E-state index contributed by atoms with van der Waals surface area (Å²) in [5.41, 5.74) is 2.31. The van der Waals surface area contributed by atoms with Gasteiger partial charge in [0.05, 0.1) is 6.61 Å². The number of ether oxygens (including phenoxy) is 2. The van der Waals surface area contributed by atoms with Crippen molar-refractivity contribution in [3.8, 4) is 0 Å². The van der Waals surface area contributed by atoms with Gasteiger partial charge < -0.3 is 9.47 Å². The fraction of sp³-hybridized carbons (Fsp3) is 0.769. The Kier molecular flexibility index (Phi) is 11.4. The molecule has 0 aliphatic carbocycles. The van der Waals surface area contributed by atoms with Gasteiger partial charge in [0.15, 0.2) is 0 Å². The summed E-state index contributed by atoms with van der Waals surface area (Å²) in [4.78, 5) is 23.2. The van der Waals surface area contributed by atoms with Gasteiger partial charge >= 0.3 is 6.09 Å². The predicted octanol–water partition coefficient (Wildman–Crippen LogP) is 1.78. The Bertz CT molecular complexity index is 308. The second-order valence-electron chi connectivity index (χ2n) is 4.05.